The number of para-hydroxylation sites is 1. The number of sulfonamides is 1. The van der Waals surface area contributed by atoms with Crippen LogP contribution in [0.4, 0.5) is 4.39 Å². The van der Waals surface area contributed by atoms with E-state index < -0.39 is 15.8 Å². The summed E-state index contributed by atoms with van der Waals surface area (Å²) in [4.78, 5) is -0.295. The molecule has 0 aliphatic rings. The van der Waals surface area contributed by atoms with Gasteiger partial charge < -0.3 is 10.1 Å². The second-order valence-electron chi connectivity index (χ2n) is 4.38. The molecule has 21 heavy (non-hydrogen) atoms. The molecule has 0 aliphatic carbocycles. The van der Waals surface area contributed by atoms with Crippen LogP contribution in [0.1, 0.15) is 5.56 Å². The smallest absolute Gasteiger partial charge is 0.238 e. The molecule has 0 saturated heterocycles. The van der Waals surface area contributed by atoms with Crippen molar-refractivity contribution in [2.75, 3.05) is 7.05 Å². The summed E-state index contributed by atoms with van der Waals surface area (Å²) in [5, 5.41) is 7.93. The summed E-state index contributed by atoms with van der Waals surface area (Å²) in [5.41, 5.74) is 0.856. The molecular formula is C14H15FN2O3S. The molecule has 2 aromatic rings. The number of hydrogen-bond donors (Lipinski definition) is 2. The molecule has 2 aromatic carbocycles. The van der Waals surface area contributed by atoms with Crippen molar-refractivity contribution < 1.29 is 17.5 Å². The maximum Gasteiger partial charge on any atom is 0.238 e. The van der Waals surface area contributed by atoms with Gasteiger partial charge in [0, 0.05) is 12.1 Å². The zero-order chi connectivity index (χ0) is 15.5. The Kier molecular flexibility index (Phi) is 4.56. The molecule has 5 nitrogen and oxygen atoms in total. The van der Waals surface area contributed by atoms with Gasteiger partial charge in [-0.3, -0.25) is 0 Å². The summed E-state index contributed by atoms with van der Waals surface area (Å²) in [6.45, 7) is 0.563. The zero-order valence-electron chi connectivity index (χ0n) is 11.3. The number of halogens is 1. The molecule has 0 aliphatic heterocycles. The average Bonchev–Trinajstić information content (AvgIpc) is 2.42. The third-order valence-corrected chi connectivity index (χ3v) is 3.70. The molecule has 0 radical (unpaired) electrons. The normalized spacial score (nSPS) is 11.4. The molecule has 0 unspecified atom stereocenters. The highest BCUT2D eigenvalue weighted by molar-refractivity contribution is 7.89. The number of rotatable bonds is 5. The first kappa shape index (κ1) is 15.4. The van der Waals surface area contributed by atoms with Crippen molar-refractivity contribution in [3.8, 4) is 11.5 Å². The van der Waals surface area contributed by atoms with E-state index in [1.807, 2.05) is 12.1 Å². The monoisotopic (exact) mass is 310 g/mol. The van der Waals surface area contributed by atoms with Crippen LogP contribution in [0, 0.1) is 5.82 Å². The molecule has 0 amide bonds. The van der Waals surface area contributed by atoms with Crippen LogP contribution in [0.15, 0.2) is 47.4 Å². The number of nitrogens with one attached hydrogen (secondary N) is 1. The van der Waals surface area contributed by atoms with E-state index in [9.17, 15) is 12.8 Å². The Morgan fingerprint density at radius 2 is 1.90 bits per heavy atom. The van der Waals surface area contributed by atoms with Crippen LogP contribution in [0.3, 0.4) is 0 Å². The van der Waals surface area contributed by atoms with Crippen molar-refractivity contribution in [2.45, 2.75) is 11.4 Å². The fourth-order valence-corrected chi connectivity index (χ4v) is 2.33. The summed E-state index contributed by atoms with van der Waals surface area (Å²) in [5.74, 6) is -0.360. The minimum Gasteiger partial charge on any atom is -0.454 e. The lowest BCUT2D eigenvalue weighted by Crippen LogP contribution is -2.12. The van der Waals surface area contributed by atoms with Gasteiger partial charge in [0.2, 0.25) is 10.0 Å². The minimum absolute atomic E-state index is 0.0639. The van der Waals surface area contributed by atoms with Gasteiger partial charge in [-0.25, -0.2) is 17.9 Å². The van der Waals surface area contributed by atoms with Gasteiger partial charge in [-0.05, 0) is 31.3 Å². The molecule has 7 heteroatoms. The summed E-state index contributed by atoms with van der Waals surface area (Å²) < 4.78 is 41.7. The summed E-state index contributed by atoms with van der Waals surface area (Å²) in [6.07, 6.45) is 0. The Labute approximate surface area is 122 Å². The highest BCUT2D eigenvalue weighted by atomic mass is 32.2. The Morgan fingerprint density at radius 3 is 2.52 bits per heavy atom. The fourth-order valence-electron chi connectivity index (χ4n) is 1.80. The number of hydrogen-bond acceptors (Lipinski definition) is 4. The molecular weight excluding hydrogens is 295 g/mol. The standard InChI is InChI=1S/C14H15FN2O3S/c1-17-9-10-4-2-3-5-13(10)20-14-7-6-11(8-12(14)15)21(16,18)19/h2-8,17H,9H2,1H3,(H2,16,18,19). The van der Waals surface area contributed by atoms with Crippen molar-refractivity contribution in [1.29, 1.82) is 0 Å². The first-order chi connectivity index (χ1) is 9.91. The van der Waals surface area contributed by atoms with E-state index in [0.717, 1.165) is 11.6 Å². The second kappa shape index (κ2) is 6.21. The zero-order valence-corrected chi connectivity index (χ0v) is 12.2. The van der Waals surface area contributed by atoms with E-state index in [0.29, 0.717) is 12.3 Å². The summed E-state index contributed by atoms with van der Waals surface area (Å²) >= 11 is 0. The first-order valence-corrected chi connectivity index (χ1v) is 7.69. The van der Waals surface area contributed by atoms with Crippen LogP contribution in [-0.4, -0.2) is 15.5 Å². The lowest BCUT2D eigenvalue weighted by molar-refractivity contribution is 0.435. The van der Waals surface area contributed by atoms with Crippen molar-refractivity contribution in [2.24, 2.45) is 5.14 Å². The molecule has 0 aromatic heterocycles. The maximum absolute atomic E-state index is 13.9. The van der Waals surface area contributed by atoms with Crippen molar-refractivity contribution >= 4 is 10.0 Å². The fraction of sp³-hybridized carbons (Fsp3) is 0.143. The second-order valence-corrected chi connectivity index (χ2v) is 5.94. The van der Waals surface area contributed by atoms with Crippen LogP contribution < -0.4 is 15.2 Å². The third-order valence-electron chi connectivity index (χ3n) is 2.79. The Bertz CT molecular complexity index is 748. The lowest BCUT2D eigenvalue weighted by atomic mass is 10.2. The molecule has 0 bridgehead atoms. The van der Waals surface area contributed by atoms with Crippen LogP contribution in [0.25, 0.3) is 0 Å². The van der Waals surface area contributed by atoms with Gasteiger partial charge in [-0.2, -0.15) is 0 Å². The Hall–Kier alpha value is -1.96. The lowest BCUT2D eigenvalue weighted by Gasteiger charge is -2.12. The van der Waals surface area contributed by atoms with Gasteiger partial charge in [-0.15, -0.1) is 0 Å². The Morgan fingerprint density at radius 1 is 1.19 bits per heavy atom. The van der Waals surface area contributed by atoms with Gasteiger partial charge in [-0.1, -0.05) is 18.2 Å². The number of primary sulfonamides is 1. The quantitative estimate of drug-likeness (QED) is 0.885. The third kappa shape index (κ3) is 3.78. The Balaban J connectivity index is 2.33. The molecule has 112 valence electrons. The van der Waals surface area contributed by atoms with Gasteiger partial charge in [0.1, 0.15) is 5.75 Å². The number of benzene rings is 2. The molecule has 0 spiro atoms. The van der Waals surface area contributed by atoms with Crippen molar-refractivity contribution in [1.82, 2.24) is 5.32 Å². The van der Waals surface area contributed by atoms with Gasteiger partial charge in [0.25, 0.3) is 0 Å². The summed E-state index contributed by atoms with van der Waals surface area (Å²) in [6, 6.07) is 10.5. The molecule has 0 fully saturated rings. The average molecular weight is 310 g/mol. The number of ether oxygens (including phenoxy) is 1. The highest BCUT2D eigenvalue weighted by Crippen LogP contribution is 2.28. The summed E-state index contributed by atoms with van der Waals surface area (Å²) in [7, 11) is -2.15. The minimum atomic E-state index is -3.94. The van der Waals surface area contributed by atoms with Crippen LogP contribution in [0.5, 0.6) is 11.5 Å². The van der Waals surface area contributed by atoms with Gasteiger partial charge in [0.15, 0.2) is 11.6 Å². The SMILES string of the molecule is CNCc1ccccc1Oc1ccc(S(N)(=O)=O)cc1F. The predicted molar refractivity (Wildman–Crippen MR) is 77.1 cm³/mol. The van der Waals surface area contributed by atoms with E-state index in [-0.39, 0.29) is 10.6 Å². The van der Waals surface area contributed by atoms with E-state index >= 15 is 0 Å². The largest absolute Gasteiger partial charge is 0.454 e. The van der Waals surface area contributed by atoms with E-state index in [1.54, 1.807) is 19.2 Å². The molecule has 2 rings (SSSR count). The van der Waals surface area contributed by atoms with Crippen molar-refractivity contribution in [3.05, 3.63) is 53.8 Å². The van der Waals surface area contributed by atoms with E-state index in [4.69, 9.17) is 9.88 Å². The van der Waals surface area contributed by atoms with Crippen LogP contribution in [-0.2, 0) is 16.6 Å². The van der Waals surface area contributed by atoms with Gasteiger partial charge >= 0.3 is 0 Å². The van der Waals surface area contributed by atoms with Gasteiger partial charge in [0.05, 0.1) is 4.90 Å². The molecule has 3 N–H and O–H groups in total. The van der Waals surface area contributed by atoms with Crippen molar-refractivity contribution in [3.63, 3.8) is 0 Å². The number of nitrogens with two attached hydrogens (primary N) is 1. The molecule has 0 atom stereocenters. The van der Waals surface area contributed by atoms with Crippen LogP contribution in [0.2, 0.25) is 0 Å². The molecule has 0 heterocycles. The molecule has 0 saturated carbocycles. The predicted octanol–water partition coefficient (Wildman–Crippen LogP) is 1.98. The van der Waals surface area contributed by atoms with E-state index in [2.05, 4.69) is 5.32 Å². The highest BCUT2D eigenvalue weighted by Gasteiger charge is 2.13. The van der Waals surface area contributed by atoms with E-state index in [1.165, 1.54) is 12.1 Å². The first-order valence-electron chi connectivity index (χ1n) is 6.14. The topological polar surface area (TPSA) is 81.4 Å². The van der Waals surface area contributed by atoms with Crippen LogP contribution >= 0.6 is 0 Å². The maximum atomic E-state index is 13.9.